The molecule has 8 rings (SSSR count). The van der Waals surface area contributed by atoms with Crippen LogP contribution >= 0.6 is 0 Å². The van der Waals surface area contributed by atoms with Crippen molar-refractivity contribution in [3.05, 3.63) is 115 Å². The Kier molecular flexibility index (Phi) is 5.15. The molecule has 41 heavy (non-hydrogen) atoms. The van der Waals surface area contributed by atoms with Gasteiger partial charge in [0.05, 0.1) is 5.56 Å². The summed E-state index contributed by atoms with van der Waals surface area (Å²) in [6, 6.07) is 37.9. The van der Waals surface area contributed by atoms with E-state index in [1.165, 1.54) is 26.9 Å². The van der Waals surface area contributed by atoms with E-state index in [-0.39, 0.29) is 11.7 Å². The lowest BCUT2D eigenvalue weighted by atomic mass is 9.91. The van der Waals surface area contributed by atoms with Crippen molar-refractivity contribution in [3.63, 3.8) is 0 Å². The average Bonchev–Trinajstić information content (AvgIpc) is 2.97. The van der Waals surface area contributed by atoms with Gasteiger partial charge in [-0.05, 0) is 154 Å². The van der Waals surface area contributed by atoms with Crippen molar-refractivity contribution in [3.8, 4) is 5.75 Å². The van der Waals surface area contributed by atoms with Crippen LogP contribution < -0.4 is 11.1 Å². The van der Waals surface area contributed by atoms with Gasteiger partial charge in [-0.15, -0.1) is 0 Å². The Bertz CT molecular complexity index is 2390. The van der Waals surface area contributed by atoms with Gasteiger partial charge in [-0.3, -0.25) is 4.79 Å². The third-order valence-corrected chi connectivity index (χ3v) is 8.28. The van der Waals surface area contributed by atoms with Crippen LogP contribution in [0.4, 0.5) is 0 Å². The number of amides is 1. The van der Waals surface area contributed by atoms with E-state index in [2.05, 4.69) is 90.2 Å². The Balaban J connectivity index is 1.42. The first-order chi connectivity index (χ1) is 20.0. The highest BCUT2D eigenvalue weighted by Gasteiger charge is 2.17. The molecule has 0 aromatic heterocycles. The number of aromatic hydroxyl groups is 1. The first-order valence-corrected chi connectivity index (χ1v) is 13.9. The molecule has 0 spiro atoms. The summed E-state index contributed by atoms with van der Waals surface area (Å²) >= 11 is 0. The first-order valence-electron chi connectivity index (χ1n) is 13.9. The molecule has 0 radical (unpaired) electrons. The largest absolute Gasteiger partial charge is 0.508 e. The molecule has 8 aromatic carbocycles. The van der Waals surface area contributed by atoms with Gasteiger partial charge in [0.15, 0.2) is 0 Å². The van der Waals surface area contributed by atoms with Gasteiger partial charge in [-0.25, -0.2) is 0 Å². The molecule has 0 aliphatic heterocycles. The third-order valence-electron chi connectivity index (χ3n) is 8.28. The fourth-order valence-electron chi connectivity index (χ4n) is 6.32. The second-order valence-corrected chi connectivity index (χ2v) is 10.9. The minimum atomic E-state index is -0.149. The van der Waals surface area contributed by atoms with Crippen molar-refractivity contribution in [1.82, 2.24) is 5.32 Å². The van der Waals surface area contributed by atoms with Gasteiger partial charge >= 0.3 is 0 Å². The predicted octanol–water partition coefficient (Wildman–Crippen LogP) is 8.15. The molecule has 0 bridgehead atoms. The molecule has 1 amide bonds. The van der Waals surface area contributed by atoms with Crippen molar-refractivity contribution >= 4 is 81.3 Å². The normalized spacial score (nSPS) is 11.9. The summed E-state index contributed by atoms with van der Waals surface area (Å²) in [4.78, 5) is 13.6. The van der Waals surface area contributed by atoms with Gasteiger partial charge in [0, 0.05) is 13.1 Å². The van der Waals surface area contributed by atoms with E-state index in [9.17, 15) is 9.90 Å². The third kappa shape index (κ3) is 3.84. The number of rotatable bonds is 3. The number of nitrogens with two attached hydrogens (primary N) is 1. The highest BCUT2D eigenvalue weighted by molar-refractivity contribution is 6.22. The van der Waals surface area contributed by atoms with E-state index in [4.69, 9.17) is 5.73 Å². The number of nitrogens with one attached hydrogen (secondary N) is 1. The fraction of sp³-hybridized carbons (Fsp3) is 0.0541. The smallest absolute Gasteiger partial charge is 0.252 e. The van der Waals surface area contributed by atoms with Crippen molar-refractivity contribution in [2.45, 2.75) is 0 Å². The lowest BCUT2D eigenvalue weighted by Crippen LogP contribution is -2.29. The van der Waals surface area contributed by atoms with E-state index < -0.39 is 0 Å². The lowest BCUT2D eigenvalue weighted by Gasteiger charge is -2.15. The zero-order valence-corrected chi connectivity index (χ0v) is 22.2. The summed E-state index contributed by atoms with van der Waals surface area (Å²) in [5.41, 5.74) is 6.35. The van der Waals surface area contributed by atoms with Crippen LogP contribution in [0, 0.1) is 0 Å². The summed E-state index contributed by atoms with van der Waals surface area (Å²) in [7, 11) is 0. The molecule has 0 atom stereocenters. The summed E-state index contributed by atoms with van der Waals surface area (Å²) < 4.78 is 0. The van der Waals surface area contributed by atoms with Crippen molar-refractivity contribution in [2.24, 2.45) is 5.73 Å². The number of hydrogen-bond donors (Lipinski definition) is 3. The van der Waals surface area contributed by atoms with Crippen molar-refractivity contribution in [1.29, 1.82) is 0 Å². The summed E-state index contributed by atoms with van der Waals surface area (Å²) in [6.45, 7) is 0.758. The summed E-state index contributed by atoms with van der Waals surface area (Å²) in [5.74, 6) is 0.0498. The van der Waals surface area contributed by atoms with Crippen LogP contribution in [0.2, 0.25) is 0 Å². The Hall–Kier alpha value is -5.19. The second-order valence-electron chi connectivity index (χ2n) is 10.9. The maximum atomic E-state index is 13.6. The van der Waals surface area contributed by atoms with Crippen molar-refractivity contribution < 1.29 is 9.90 Å². The van der Waals surface area contributed by atoms with Gasteiger partial charge < -0.3 is 16.2 Å². The molecule has 0 saturated carbocycles. The molecule has 4 nitrogen and oxygen atoms in total. The Morgan fingerprint density at radius 2 is 0.951 bits per heavy atom. The van der Waals surface area contributed by atoms with Crippen LogP contribution in [-0.2, 0) is 0 Å². The van der Waals surface area contributed by atoms with Crippen LogP contribution in [0.1, 0.15) is 10.4 Å². The Morgan fingerprint density at radius 1 is 0.537 bits per heavy atom. The number of benzene rings is 8. The minimum Gasteiger partial charge on any atom is -0.508 e. The van der Waals surface area contributed by atoms with E-state index in [0.717, 1.165) is 48.5 Å². The predicted molar refractivity (Wildman–Crippen MR) is 172 cm³/mol. The van der Waals surface area contributed by atoms with Crippen LogP contribution in [0.3, 0.4) is 0 Å². The number of hydrogen-bond acceptors (Lipinski definition) is 3. The maximum absolute atomic E-state index is 13.6. The van der Waals surface area contributed by atoms with Gasteiger partial charge in [-0.2, -0.15) is 0 Å². The zero-order chi connectivity index (χ0) is 27.7. The van der Waals surface area contributed by atoms with Crippen LogP contribution in [0.5, 0.6) is 5.75 Å². The molecule has 0 aliphatic rings. The molecule has 196 valence electrons. The maximum Gasteiger partial charge on any atom is 0.252 e. The van der Waals surface area contributed by atoms with Crippen LogP contribution in [-0.4, -0.2) is 24.1 Å². The molecule has 8 aromatic rings. The molecule has 0 unspecified atom stereocenters. The first kappa shape index (κ1) is 23.7. The average molecular weight is 531 g/mol. The second kappa shape index (κ2) is 8.91. The number of fused-ring (bicyclic) bond motifs is 7. The van der Waals surface area contributed by atoms with E-state index in [1.807, 2.05) is 12.1 Å². The molecule has 4 heteroatoms. The SMILES string of the molecule is NCCNC(=O)c1c2cc3cc(O)ccc3cc2cc2cc3cc4cc5cc6ccccc6cc5cc4cc3cc12. The Morgan fingerprint density at radius 3 is 1.51 bits per heavy atom. The molecule has 0 aliphatic carbocycles. The topological polar surface area (TPSA) is 75.3 Å². The van der Waals surface area contributed by atoms with E-state index in [1.54, 1.807) is 12.1 Å². The highest BCUT2D eigenvalue weighted by atomic mass is 16.3. The van der Waals surface area contributed by atoms with E-state index >= 15 is 0 Å². The minimum absolute atomic E-state index is 0.149. The number of carbonyl (C=O) groups is 1. The summed E-state index contributed by atoms with van der Waals surface area (Å²) in [5, 5.41) is 28.2. The quantitative estimate of drug-likeness (QED) is 0.202. The standard InChI is InChI=1S/C37H26N2O2/c38-7-8-39-37(41)36-34-19-29-15-27-13-25-10-22-4-2-1-3-21(22)9-24(25)12-26(27)14-28(29)16-32(34)17-31-11-23-5-6-33(40)18-30(23)20-35(31)36/h1-6,9-20,40H,7-8,38H2,(H,39,41). The number of phenols is 1. The molecule has 0 heterocycles. The van der Waals surface area contributed by atoms with E-state index in [0.29, 0.717) is 18.7 Å². The lowest BCUT2D eigenvalue weighted by molar-refractivity contribution is 0.0958. The molecular weight excluding hydrogens is 504 g/mol. The highest BCUT2D eigenvalue weighted by Crippen LogP contribution is 2.37. The zero-order valence-electron chi connectivity index (χ0n) is 22.2. The van der Waals surface area contributed by atoms with Crippen LogP contribution in [0.25, 0.3) is 75.4 Å². The summed E-state index contributed by atoms with van der Waals surface area (Å²) in [6.07, 6.45) is 0. The molecular formula is C37H26N2O2. The van der Waals surface area contributed by atoms with Gasteiger partial charge in [-0.1, -0.05) is 30.3 Å². The van der Waals surface area contributed by atoms with Crippen molar-refractivity contribution in [2.75, 3.05) is 13.1 Å². The monoisotopic (exact) mass is 530 g/mol. The molecule has 4 N–H and O–H groups in total. The van der Waals surface area contributed by atoms with Gasteiger partial charge in [0.2, 0.25) is 0 Å². The number of carbonyl (C=O) groups excluding carboxylic acids is 1. The molecule has 0 saturated heterocycles. The molecule has 0 fully saturated rings. The van der Waals surface area contributed by atoms with Crippen LogP contribution in [0.15, 0.2) is 109 Å². The Labute approximate surface area is 235 Å². The fourth-order valence-corrected chi connectivity index (χ4v) is 6.32. The van der Waals surface area contributed by atoms with Gasteiger partial charge in [0.1, 0.15) is 5.75 Å². The number of phenolic OH excluding ortho intramolecular Hbond substituents is 1. The van der Waals surface area contributed by atoms with Gasteiger partial charge in [0.25, 0.3) is 5.91 Å².